The van der Waals surface area contributed by atoms with E-state index < -0.39 is 11.4 Å². The molecular weight excluding hydrogens is 743 g/mol. The number of carbonyl (C=O) groups excluding carboxylic acids is 1. The molecule has 0 radical (unpaired) electrons. The van der Waals surface area contributed by atoms with E-state index in [9.17, 15) is 15.0 Å². The van der Waals surface area contributed by atoms with E-state index in [4.69, 9.17) is 28.9 Å². The van der Waals surface area contributed by atoms with Crippen LogP contribution in [0, 0.1) is 17.8 Å². The summed E-state index contributed by atoms with van der Waals surface area (Å²) < 4.78 is 26.2. The van der Waals surface area contributed by atoms with Crippen LogP contribution in [-0.2, 0) is 16.0 Å². The van der Waals surface area contributed by atoms with Crippen molar-refractivity contribution in [1.29, 1.82) is 0 Å². The van der Waals surface area contributed by atoms with Gasteiger partial charge in [0.25, 0.3) is 0 Å². The highest BCUT2D eigenvalue weighted by atomic mass is 32.2. The number of thioether (sulfide) groups is 1. The smallest absolute Gasteiger partial charge is 0.230 e. The minimum absolute atomic E-state index is 0.0930. The molecule has 12 heteroatoms. The molecule has 1 aliphatic heterocycles. The Labute approximate surface area is 340 Å². The fourth-order valence-electron chi connectivity index (χ4n) is 8.50. The summed E-state index contributed by atoms with van der Waals surface area (Å²) >= 11 is 1.79. The van der Waals surface area contributed by atoms with Crippen LogP contribution in [0.3, 0.4) is 0 Å². The molecule has 0 saturated heterocycles. The third kappa shape index (κ3) is 9.91. The maximum Gasteiger partial charge on any atom is 0.230 e. The van der Waals surface area contributed by atoms with Crippen molar-refractivity contribution in [2.75, 3.05) is 32.7 Å². The van der Waals surface area contributed by atoms with Crippen LogP contribution in [0.25, 0.3) is 0 Å². The second-order valence-electron chi connectivity index (χ2n) is 15.9. The Hall–Kier alpha value is -4.23. The molecule has 1 fully saturated rings. The second-order valence-corrected chi connectivity index (χ2v) is 17.2. The number of aldehydes is 1. The lowest BCUT2D eigenvalue weighted by atomic mass is 9.56. The van der Waals surface area contributed by atoms with Gasteiger partial charge in [0.15, 0.2) is 6.29 Å². The number of hydrogen-bond acceptors (Lipinski definition) is 12. The SMILES string of the molecule is C=CCOC12Oc3ccc(Oc4ccc(OC)c(C=O)c4)cc3C3C(CCCCO)C(CCCCO)C=C(C(=NOC(C)(C)C)CC1SCCc1cnccn1)C32. The number of oxime groups is 1. The molecular formula is C45H57N3O8S. The summed E-state index contributed by atoms with van der Waals surface area (Å²) in [5.74, 6) is 1.90. The van der Waals surface area contributed by atoms with Crippen molar-refractivity contribution in [3.05, 3.63) is 96.1 Å². The Morgan fingerprint density at radius 3 is 2.53 bits per heavy atom. The molecule has 0 bridgehead atoms. The summed E-state index contributed by atoms with van der Waals surface area (Å²) in [6.07, 6.45) is 16.3. The average Bonchev–Trinajstić information content (AvgIpc) is 3.21. The van der Waals surface area contributed by atoms with Gasteiger partial charge in [-0.2, -0.15) is 11.8 Å². The van der Waals surface area contributed by atoms with Crippen molar-refractivity contribution >= 4 is 23.8 Å². The van der Waals surface area contributed by atoms with E-state index in [0.717, 1.165) is 72.4 Å². The summed E-state index contributed by atoms with van der Waals surface area (Å²) in [6.45, 7) is 10.6. The number of hydrogen-bond donors (Lipinski definition) is 2. The van der Waals surface area contributed by atoms with E-state index in [-0.39, 0.29) is 48.7 Å². The summed E-state index contributed by atoms with van der Waals surface area (Å²) in [5, 5.41) is 24.5. The topological polar surface area (TPSA) is 142 Å². The Bertz CT molecular complexity index is 1880. The molecule has 11 nitrogen and oxygen atoms in total. The number of allylic oxidation sites excluding steroid dienone is 1. The maximum atomic E-state index is 11.9. The average molecular weight is 800 g/mol. The monoisotopic (exact) mass is 799 g/mol. The van der Waals surface area contributed by atoms with E-state index in [2.05, 4.69) is 28.7 Å². The number of methoxy groups -OCH3 is 1. The number of benzene rings is 2. The molecule has 3 aromatic rings. The summed E-state index contributed by atoms with van der Waals surface area (Å²) in [7, 11) is 1.53. The van der Waals surface area contributed by atoms with Gasteiger partial charge in [0.2, 0.25) is 5.79 Å². The molecule has 1 aromatic heterocycles. The lowest BCUT2D eigenvalue weighted by molar-refractivity contribution is -0.223. The molecule has 6 atom stereocenters. The largest absolute Gasteiger partial charge is 0.496 e. The Balaban J connectivity index is 1.52. The van der Waals surface area contributed by atoms with Crippen LogP contribution >= 0.6 is 11.8 Å². The molecule has 6 unspecified atom stereocenters. The number of rotatable bonds is 20. The zero-order valence-corrected chi connectivity index (χ0v) is 34.4. The Kier molecular flexibility index (Phi) is 14.5. The van der Waals surface area contributed by atoms with E-state index in [1.54, 1.807) is 54.6 Å². The third-order valence-electron chi connectivity index (χ3n) is 10.9. The molecule has 57 heavy (non-hydrogen) atoms. The van der Waals surface area contributed by atoms with Gasteiger partial charge < -0.3 is 34.0 Å². The number of aliphatic hydroxyl groups is 2. The van der Waals surface area contributed by atoms with Crippen molar-refractivity contribution in [2.24, 2.45) is 22.9 Å². The van der Waals surface area contributed by atoms with Gasteiger partial charge in [-0.25, -0.2) is 0 Å². The van der Waals surface area contributed by atoms with E-state index in [1.807, 2.05) is 32.9 Å². The maximum absolute atomic E-state index is 11.9. The first-order valence-electron chi connectivity index (χ1n) is 20.1. The van der Waals surface area contributed by atoms with Gasteiger partial charge in [-0.05, 0) is 106 Å². The minimum atomic E-state index is -1.09. The molecule has 2 N–H and O–H groups in total. The first-order valence-corrected chi connectivity index (χ1v) is 21.1. The highest BCUT2D eigenvalue weighted by Gasteiger charge is 2.64. The van der Waals surface area contributed by atoms with Crippen molar-refractivity contribution in [1.82, 2.24) is 9.97 Å². The predicted molar refractivity (Wildman–Crippen MR) is 222 cm³/mol. The van der Waals surface area contributed by atoms with Gasteiger partial charge in [0.1, 0.15) is 28.6 Å². The molecule has 2 heterocycles. The number of carbonyl (C=O) groups is 1. The van der Waals surface area contributed by atoms with Gasteiger partial charge >= 0.3 is 0 Å². The molecule has 6 rings (SSSR count). The zero-order chi connectivity index (χ0) is 40.4. The standard InChI is InChI=1S/C45H57N3O8S/c1-6-22-53-45-41(57-23-17-32-28-46-18-19-47-32)27-38(48-56-44(2,3)4)36-25-30(11-7-9-20-49)35(12-8-10-21-50)42(43(36)45)37-26-34(14-16-40(37)55-45)54-33-13-15-39(52-5)31(24-33)29-51/h6,13-16,18-19,24-26,28-30,35,41-43,49-50H,1,7-12,17,20-23,27H2,2-5H3. The normalized spacial score (nSPS) is 24.4. The Morgan fingerprint density at radius 2 is 1.82 bits per heavy atom. The lowest BCUT2D eigenvalue weighted by Gasteiger charge is -2.58. The van der Waals surface area contributed by atoms with Gasteiger partial charge in [-0.3, -0.25) is 14.8 Å². The van der Waals surface area contributed by atoms with E-state index in [1.165, 1.54) is 7.11 Å². The third-order valence-corrected chi connectivity index (χ3v) is 12.2. The zero-order valence-electron chi connectivity index (χ0n) is 33.6. The highest BCUT2D eigenvalue weighted by Crippen LogP contribution is 2.62. The van der Waals surface area contributed by atoms with Crippen molar-refractivity contribution < 1.29 is 38.8 Å². The fourth-order valence-corrected chi connectivity index (χ4v) is 9.88. The number of ether oxygens (including phenoxy) is 4. The predicted octanol–water partition coefficient (Wildman–Crippen LogP) is 8.50. The highest BCUT2D eigenvalue weighted by molar-refractivity contribution is 8.00. The van der Waals surface area contributed by atoms with Gasteiger partial charge in [-0.15, -0.1) is 6.58 Å². The van der Waals surface area contributed by atoms with Crippen molar-refractivity contribution in [2.45, 2.75) is 94.7 Å². The first kappa shape index (κ1) is 42.4. The van der Waals surface area contributed by atoms with Gasteiger partial charge in [0.05, 0.1) is 41.9 Å². The van der Waals surface area contributed by atoms with E-state index in [0.29, 0.717) is 42.1 Å². The van der Waals surface area contributed by atoms with Crippen LogP contribution in [0.2, 0.25) is 0 Å². The molecule has 306 valence electrons. The minimum Gasteiger partial charge on any atom is -0.496 e. The van der Waals surface area contributed by atoms with Crippen LogP contribution in [0.5, 0.6) is 23.0 Å². The van der Waals surface area contributed by atoms with Crippen LogP contribution in [0.15, 0.2) is 84.4 Å². The van der Waals surface area contributed by atoms with Crippen LogP contribution in [0.4, 0.5) is 0 Å². The van der Waals surface area contributed by atoms with E-state index >= 15 is 0 Å². The van der Waals surface area contributed by atoms with Crippen LogP contribution in [0.1, 0.15) is 93.3 Å². The second kappa shape index (κ2) is 19.5. The van der Waals surface area contributed by atoms with Gasteiger partial charge in [-0.1, -0.05) is 30.1 Å². The van der Waals surface area contributed by atoms with Gasteiger partial charge in [0, 0.05) is 56.1 Å². The quantitative estimate of drug-likeness (QED) is 0.0492. The number of fused-ring (bicyclic) bond motifs is 2. The molecule has 0 amide bonds. The summed E-state index contributed by atoms with van der Waals surface area (Å²) in [6, 6.07) is 11.1. The van der Waals surface area contributed by atoms with Crippen LogP contribution in [-0.4, -0.2) is 81.5 Å². The Morgan fingerprint density at radius 1 is 1.05 bits per heavy atom. The molecule has 0 spiro atoms. The molecule has 1 saturated carbocycles. The lowest BCUT2D eigenvalue weighted by Crippen LogP contribution is -2.64. The summed E-state index contributed by atoms with van der Waals surface area (Å²) in [5.41, 5.74) is 3.75. The van der Waals surface area contributed by atoms with Crippen molar-refractivity contribution in [3.8, 4) is 23.0 Å². The molecule has 2 aromatic carbocycles. The van der Waals surface area contributed by atoms with Crippen molar-refractivity contribution in [3.63, 3.8) is 0 Å². The molecule has 3 aliphatic rings. The van der Waals surface area contributed by atoms with Crippen LogP contribution < -0.4 is 14.2 Å². The first-order chi connectivity index (χ1) is 27.6. The number of unbranched alkanes of at least 4 members (excludes halogenated alkanes) is 2. The number of aromatic nitrogens is 2. The molecule has 2 aliphatic carbocycles. The number of aliphatic hydroxyl groups excluding tert-OH is 2. The fraction of sp³-hybridized carbons (Fsp3) is 0.511. The summed E-state index contributed by atoms with van der Waals surface area (Å²) in [4.78, 5) is 26.9. The number of nitrogens with zero attached hydrogens (tertiary/aromatic N) is 3. The number of aryl methyl sites for hydroxylation is 1.